The van der Waals surface area contributed by atoms with Crippen molar-refractivity contribution in [2.75, 3.05) is 13.3 Å². The number of nitro groups is 1. The SMILES string of the molecule is CSC1=C([N+](=O)[O-])[C@@H](c2ccccc2)NC(=O)N1C. The second-order valence-electron chi connectivity index (χ2n) is 4.00. The molecule has 1 aliphatic rings. The van der Waals surface area contributed by atoms with E-state index in [1.165, 1.54) is 23.7 Å². The van der Waals surface area contributed by atoms with E-state index in [-0.39, 0.29) is 11.7 Å². The minimum absolute atomic E-state index is 0.000741. The number of hydrogen-bond donors (Lipinski definition) is 1. The third-order valence-electron chi connectivity index (χ3n) is 2.89. The van der Waals surface area contributed by atoms with Crippen LogP contribution in [0.4, 0.5) is 4.79 Å². The minimum Gasteiger partial charge on any atom is -0.321 e. The first-order valence-electron chi connectivity index (χ1n) is 5.58. The second-order valence-corrected chi connectivity index (χ2v) is 4.80. The third kappa shape index (κ3) is 2.41. The number of amides is 2. The van der Waals surface area contributed by atoms with Crippen molar-refractivity contribution in [3.63, 3.8) is 0 Å². The summed E-state index contributed by atoms with van der Waals surface area (Å²) in [6.45, 7) is 0. The Balaban J connectivity index is 2.56. The van der Waals surface area contributed by atoms with Gasteiger partial charge in [0.25, 0.3) is 0 Å². The fraction of sp³-hybridized carbons (Fsp3) is 0.250. The lowest BCUT2D eigenvalue weighted by Gasteiger charge is -2.29. The van der Waals surface area contributed by atoms with Crippen LogP contribution in [0.15, 0.2) is 41.1 Å². The molecule has 0 unspecified atom stereocenters. The van der Waals surface area contributed by atoms with Crippen LogP contribution in [0.25, 0.3) is 0 Å². The topological polar surface area (TPSA) is 75.5 Å². The zero-order valence-corrected chi connectivity index (χ0v) is 11.3. The van der Waals surface area contributed by atoms with E-state index >= 15 is 0 Å². The van der Waals surface area contributed by atoms with E-state index in [1.54, 1.807) is 30.5 Å². The molecule has 1 heterocycles. The molecule has 1 aliphatic heterocycles. The molecule has 0 saturated heterocycles. The average molecular weight is 279 g/mol. The lowest BCUT2D eigenvalue weighted by atomic mass is 10.0. The zero-order valence-electron chi connectivity index (χ0n) is 10.5. The summed E-state index contributed by atoms with van der Waals surface area (Å²) in [6, 6.07) is 7.86. The maximum Gasteiger partial charge on any atom is 0.323 e. The van der Waals surface area contributed by atoms with E-state index in [4.69, 9.17) is 0 Å². The predicted molar refractivity (Wildman–Crippen MR) is 73.0 cm³/mol. The standard InChI is InChI=1S/C12H13N3O3S/c1-14-11(19-2)10(15(17)18)9(13-12(14)16)8-6-4-3-5-7-8/h3-7,9H,1-2H3,(H,13,16)/t9-/m1/s1. The molecule has 6 nitrogen and oxygen atoms in total. The lowest BCUT2D eigenvalue weighted by Crippen LogP contribution is -2.45. The first-order chi connectivity index (χ1) is 9.06. The molecule has 1 atom stereocenters. The van der Waals surface area contributed by atoms with Crippen LogP contribution >= 0.6 is 11.8 Å². The largest absolute Gasteiger partial charge is 0.323 e. The number of carbonyl (C=O) groups excluding carboxylic acids is 1. The van der Waals surface area contributed by atoms with Gasteiger partial charge >= 0.3 is 11.7 Å². The van der Waals surface area contributed by atoms with E-state index in [0.29, 0.717) is 10.6 Å². The lowest BCUT2D eigenvalue weighted by molar-refractivity contribution is -0.432. The van der Waals surface area contributed by atoms with Gasteiger partial charge in [0, 0.05) is 7.05 Å². The maximum atomic E-state index is 11.9. The number of carbonyl (C=O) groups is 1. The van der Waals surface area contributed by atoms with E-state index in [9.17, 15) is 14.9 Å². The summed E-state index contributed by atoms with van der Waals surface area (Å²) in [4.78, 5) is 24.0. The number of rotatable bonds is 3. The number of urea groups is 1. The molecule has 0 fully saturated rings. The second kappa shape index (κ2) is 5.31. The van der Waals surface area contributed by atoms with Crippen LogP contribution in [-0.2, 0) is 0 Å². The number of hydrogen-bond acceptors (Lipinski definition) is 4. The van der Waals surface area contributed by atoms with Crippen molar-refractivity contribution in [3.05, 3.63) is 56.7 Å². The molecule has 0 saturated carbocycles. The monoisotopic (exact) mass is 279 g/mol. The summed E-state index contributed by atoms with van der Waals surface area (Å²) >= 11 is 1.20. The molecular formula is C12H13N3O3S. The van der Waals surface area contributed by atoms with Gasteiger partial charge in [-0.15, -0.1) is 11.8 Å². The molecule has 0 aromatic heterocycles. The van der Waals surface area contributed by atoms with Crippen LogP contribution in [0.2, 0.25) is 0 Å². The van der Waals surface area contributed by atoms with E-state index in [1.807, 2.05) is 6.07 Å². The summed E-state index contributed by atoms with van der Waals surface area (Å²) < 4.78 is 0. The summed E-state index contributed by atoms with van der Waals surface area (Å²) in [5.41, 5.74) is 0.697. The van der Waals surface area contributed by atoms with Gasteiger partial charge in [-0.1, -0.05) is 30.3 Å². The van der Waals surface area contributed by atoms with Gasteiger partial charge in [-0.3, -0.25) is 15.0 Å². The summed E-state index contributed by atoms with van der Waals surface area (Å²) in [7, 11) is 1.52. The Kier molecular flexibility index (Phi) is 3.75. The Hall–Kier alpha value is -2.02. The highest BCUT2D eigenvalue weighted by Crippen LogP contribution is 2.34. The fourth-order valence-corrected chi connectivity index (χ4v) is 2.75. The van der Waals surface area contributed by atoms with Crippen molar-refractivity contribution in [1.29, 1.82) is 0 Å². The Morgan fingerprint density at radius 2 is 2.00 bits per heavy atom. The molecule has 0 aliphatic carbocycles. The van der Waals surface area contributed by atoms with Gasteiger partial charge in [-0.25, -0.2) is 4.79 Å². The molecular weight excluding hydrogens is 266 g/mol. The number of nitrogens with one attached hydrogen (secondary N) is 1. The van der Waals surface area contributed by atoms with Crippen molar-refractivity contribution in [2.24, 2.45) is 0 Å². The van der Waals surface area contributed by atoms with E-state index in [2.05, 4.69) is 5.32 Å². The Bertz CT molecular complexity index is 544. The van der Waals surface area contributed by atoms with Gasteiger partial charge in [0.05, 0.1) is 4.92 Å². The number of thioether (sulfide) groups is 1. The van der Waals surface area contributed by atoms with Crippen LogP contribution < -0.4 is 5.32 Å². The minimum atomic E-state index is -0.720. The predicted octanol–water partition coefficient (Wildman–Crippen LogP) is 2.19. The molecule has 1 aromatic rings. The average Bonchev–Trinajstić information content (AvgIpc) is 2.41. The van der Waals surface area contributed by atoms with Crippen molar-refractivity contribution >= 4 is 17.8 Å². The van der Waals surface area contributed by atoms with Crippen molar-refractivity contribution in [2.45, 2.75) is 6.04 Å². The van der Waals surface area contributed by atoms with Gasteiger partial charge in [0.15, 0.2) is 5.03 Å². The summed E-state index contributed by atoms with van der Waals surface area (Å²) in [5, 5.41) is 14.3. The zero-order chi connectivity index (χ0) is 14.0. The molecule has 100 valence electrons. The quantitative estimate of drug-likeness (QED) is 0.679. The Labute approximate surface area is 114 Å². The first kappa shape index (κ1) is 13.4. The molecule has 7 heteroatoms. The maximum absolute atomic E-state index is 11.9. The van der Waals surface area contributed by atoms with Crippen LogP contribution in [-0.4, -0.2) is 29.2 Å². The molecule has 1 N–H and O–H groups in total. The normalized spacial score (nSPS) is 19.4. The fourth-order valence-electron chi connectivity index (χ4n) is 1.99. The summed E-state index contributed by atoms with van der Waals surface area (Å²) in [6.07, 6.45) is 1.72. The molecule has 19 heavy (non-hydrogen) atoms. The van der Waals surface area contributed by atoms with Gasteiger partial charge in [0.2, 0.25) is 0 Å². The molecule has 2 amide bonds. The molecule has 2 rings (SSSR count). The van der Waals surface area contributed by atoms with Crippen LogP contribution in [0.5, 0.6) is 0 Å². The smallest absolute Gasteiger partial charge is 0.321 e. The van der Waals surface area contributed by atoms with E-state index in [0.717, 1.165) is 0 Å². The highest BCUT2D eigenvalue weighted by atomic mass is 32.2. The van der Waals surface area contributed by atoms with Gasteiger partial charge in [-0.05, 0) is 11.8 Å². The highest BCUT2D eigenvalue weighted by molar-refractivity contribution is 8.02. The summed E-state index contributed by atoms with van der Waals surface area (Å²) in [5.74, 6) is 0. The van der Waals surface area contributed by atoms with Crippen LogP contribution in [0, 0.1) is 10.1 Å². The van der Waals surface area contributed by atoms with Crippen molar-refractivity contribution < 1.29 is 9.72 Å². The molecule has 0 bridgehead atoms. The highest BCUT2D eigenvalue weighted by Gasteiger charge is 2.39. The Morgan fingerprint density at radius 1 is 1.37 bits per heavy atom. The Morgan fingerprint density at radius 3 is 2.53 bits per heavy atom. The van der Waals surface area contributed by atoms with Gasteiger partial charge in [0.1, 0.15) is 6.04 Å². The number of benzene rings is 1. The van der Waals surface area contributed by atoms with E-state index < -0.39 is 11.0 Å². The first-order valence-corrected chi connectivity index (χ1v) is 6.80. The third-order valence-corrected chi connectivity index (χ3v) is 3.76. The van der Waals surface area contributed by atoms with Crippen LogP contribution in [0.1, 0.15) is 11.6 Å². The van der Waals surface area contributed by atoms with Gasteiger partial charge < -0.3 is 5.32 Å². The number of nitrogens with zero attached hydrogens (tertiary/aromatic N) is 2. The molecule has 0 spiro atoms. The van der Waals surface area contributed by atoms with Crippen molar-refractivity contribution in [3.8, 4) is 0 Å². The molecule has 1 aromatic carbocycles. The molecule has 0 radical (unpaired) electrons. The van der Waals surface area contributed by atoms with Gasteiger partial charge in [-0.2, -0.15) is 0 Å². The van der Waals surface area contributed by atoms with Crippen molar-refractivity contribution in [1.82, 2.24) is 10.2 Å². The van der Waals surface area contributed by atoms with Crippen LogP contribution in [0.3, 0.4) is 0 Å².